The Morgan fingerprint density at radius 1 is 1.00 bits per heavy atom. The largest absolute Gasteiger partial charge is 0.493 e. The Bertz CT molecular complexity index is 924. The maximum atomic E-state index is 11.6. The van der Waals surface area contributed by atoms with Gasteiger partial charge in [0.05, 0.1) is 21.3 Å². The third-order valence-corrected chi connectivity index (χ3v) is 5.68. The van der Waals surface area contributed by atoms with Crippen LogP contribution in [-0.2, 0) is 24.2 Å². The van der Waals surface area contributed by atoms with Gasteiger partial charge in [-0.05, 0) is 47.7 Å². The van der Waals surface area contributed by atoms with E-state index in [1.165, 1.54) is 23.6 Å². The fourth-order valence-electron chi connectivity index (χ4n) is 4.35. The lowest BCUT2D eigenvalue weighted by Crippen LogP contribution is -2.39. The van der Waals surface area contributed by atoms with Crippen molar-refractivity contribution in [1.29, 1.82) is 0 Å². The minimum absolute atomic E-state index is 0.259. The average molecular weight is 383 g/mol. The molecule has 0 spiro atoms. The lowest BCUT2D eigenvalue weighted by atomic mass is 9.83. The lowest BCUT2D eigenvalue weighted by molar-refractivity contribution is -0.132. The Kier molecular flexibility index (Phi) is 4.89. The van der Waals surface area contributed by atoms with Crippen LogP contribution in [0.3, 0.4) is 0 Å². The molecule has 0 amide bonds. The molecule has 1 atom stereocenters. The zero-order valence-electron chi connectivity index (χ0n) is 16.7. The number of methoxy groups -OCH3 is 3. The topological polar surface area (TPSA) is 57.2 Å². The molecule has 0 fully saturated rings. The minimum Gasteiger partial charge on any atom is -0.493 e. The van der Waals surface area contributed by atoms with Crippen LogP contribution >= 0.6 is 0 Å². The number of benzene rings is 2. The van der Waals surface area contributed by atoms with Gasteiger partial charge in [-0.15, -0.1) is 0 Å². The molecule has 6 heteroatoms. The maximum absolute atomic E-state index is 11.6. The molecular weight excluding hydrogens is 358 g/mol. The van der Waals surface area contributed by atoms with E-state index in [9.17, 15) is 4.79 Å². The number of esters is 1. The smallest absolute Gasteiger partial charge is 0.308 e. The van der Waals surface area contributed by atoms with Gasteiger partial charge in [-0.1, -0.05) is 6.07 Å². The maximum Gasteiger partial charge on any atom is 0.308 e. The normalized spacial score (nSPS) is 17.8. The SMILES string of the molecule is COc1cc2c(cc1OC)C1Cc3ccc(OC)c(OC(C)=O)c3CN1CC2. The van der Waals surface area contributed by atoms with Crippen LogP contribution in [0.1, 0.15) is 35.2 Å². The number of rotatable bonds is 4. The van der Waals surface area contributed by atoms with Gasteiger partial charge in [-0.25, -0.2) is 0 Å². The molecule has 2 aliphatic rings. The van der Waals surface area contributed by atoms with E-state index in [-0.39, 0.29) is 12.0 Å². The van der Waals surface area contributed by atoms with E-state index in [2.05, 4.69) is 23.1 Å². The number of hydrogen-bond acceptors (Lipinski definition) is 6. The van der Waals surface area contributed by atoms with Crippen LogP contribution in [0.2, 0.25) is 0 Å². The summed E-state index contributed by atoms with van der Waals surface area (Å²) in [6, 6.07) is 8.42. The molecule has 148 valence electrons. The number of hydrogen-bond donors (Lipinski definition) is 0. The summed E-state index contributed by atoms with van der Waals surface area (Å²) in [5.74, 6) is 2.33. The third-order valence-electron chi connectivity index (χ3n) is 5.68. The van der Waals surface area contributed by atoms with Crippen molar-refractivity contribution in [3.05, 3.63) is 46.5 Å². The van der Waals surface area contributed by atoms with Crippen molar-refractivity contribution in [2.75, 3.05) is 27.9 Å². The Morgan fingerprint density at radius 3 is 2.39 bits per heavy atom. The van der Waals surface area contributed by atoms with Crippen molar-refractivity contribution < 1.29 is 23.7 Å². The van der Waals surface area contributed by atoms with Crippen LogP contribution in [0.4, 0.5) is 0 Å². The molecule has 28 heavy (non-hydrogen) atoms. The molecule has 0 bridgehead atoms. The zero-order chi connectivity index (χ0) is 19.8. The van der Waals surface area contributed by atoms with Crippen LogP contribution in [0.15, 0.2) is 24.3 Å². The van der Waals surface area contributed by atoms with Crippen molar-refractivity contribution in [2.24, 2.45) is 0 Å². The molecule has 6 nitrogen and oxygen atoms in total. The summed E-state index contributed by atoms with van der Waals surface area (Å²) in [4.78, 5) is 14.1. The van der Waals surface area contributed by atoms with Gasteiger partial charge in [0, 0.05) is 31.6 Å². The van der Waals surface area contributed by atoms with E-state index in [0.29, 0.717) is 18.0 Å². The summed E-state index contributed by atoms with van der Waals surface area (Å²) in [5.41, 5.74) is 4.80. The van der Waals surface area contributed by atoms with Crippen LogP contribution in [-0.4, -0.2) is 38.7 Å². The fraction of sp³-hybridized carbons (Fsp3) is 0.409. The average Bonchev–Trinajstić information content (AvgIpc) is 2.71. The number of ether oxygens (including phenoxy) is 4. The van der Waals surface area contributed by atoms with Crippen LogP contribution in [0, 0.1) is 0 Å². The van der Waals surface area contributed by atoms with Crippen molar-refractivity contribution in [1.82, 2.24) is 4.90 Å². The first kappa shape index (κ1) is 18.6. The predicted molar refractivity (Wildman–Crippen MR) is 104 cm³/mol. The fourth-order valence-corrected chi connectivity index (χ4v) is 4.35. The molecule has 0 aliphatic carbocycles. The molecule has 0 aromatic heterocycles. The second-order valence-electron chi connectivity index (χ2n) is 7.17. The van der Waals surface area contributed by atoms with Crippen molar-refractivity contribution in [3.8, 4) is 23.0 Å². The highest BCUT2D eigenvalue weighted by Crippen LogP contribution is 2.45. The second kappa shape index (κ2) is 7.36. The lowest BCUT2D eigenvalue weighted by Gasteiger charge is -2.42. The highest BCUT2D eigenvalue weighted by atomic mass is 16.6. The quantitative estimate of drug-likeness (QED) is 0.597. The van der Waals surface area contributed by atoms with Crippen molar-refractivity contribution >= 4 is 5.97 Å². The van der Waals surface area contributed by atoms with Gasteiger partial charge in [0.2, 0.25) is 0 Å². The molecule has 1 unspecified atom stereocenters. The number of nitrogens with zero attached hydrogens (tertiary/aromatic N) is 1. The van der Waals surface area contributed by atoms with Gasteiger partial charge in [0.1, 0.15) is 0 Å². The van der Waals surface area contributed by atoms with E-state index in [1.807, 2.05) is 6.07 Å². The summed E-state index contributed by atoms with van der Waals surface area (Å²) in [6.45, 7) is 3.07. The Morgan fingerprint density at radius 2 is 1.71 bits per heavy atom. The zero-order valence-corrected chi connectivity index (χ0v) is 16.7. The molecule has 0 N–H and O–H groups in total. The highest BCUT2D eigenvalue weighted by Gasteiger charge is 2.35. The first-order valence-electron chi connectivity index (χ1n) is 9.41. The molecule has 0 saturated heterocycles. The van der Waals surface area contributed by atoms with Crippen molar-refractivity contribution in [2.45, 2.75) is 32.4 Å². The number of carbonyl (C=O) groups excluding carboxylic acids is 1. The minimum atomic E-state index is -0.338. The molecular formula is C22H25NO5. The predicted octanol–water partition coefficient (Wildman–Crippen LogP) is 3.29. The van der Waals surface area contributed by atoms with E-state index >= 15 is 0 Å². The van der Waals surface area contributed by atoms with E-state index < -0.39 is 0 Å². The van der Waals surface area contributed by atoms with Gasteiger partial charge < -0.3 is 18.9 Å². The number of fused-ring (bicyclic) bond motifs is 4. The van der Waals surface area contributed by atoms with Gasteiger partial charge in [-0.3, -0.25) is 9.69 Å². The molecule has 2 aliphatic heterocycles. The summed E-state index contributed by atoms with van der Waals surface area (Å²) < 4.78 is 22.0. The van der Waals surface area contributed by atoms with Gasteiger partial charge in [0.25, 0.3) is 0 Å². The molecule has 0 radical (unpaired) electrons. The van der Waals surface area contributed by atoms with E-state index in [1.54, 1.807) is 21.3 Å². The summed E-state index contributed by atoms with van der Waals surface area (Å²) >= 11 is 0. The first-order chi connectivity index (χ1) is 13.5. The van der Waals surface area contributed by atoms with Crippen LogP contribution in [0.5, 0.6) is 23.0 Å². The Labute approximate surface area is 165 Å². The molecule has 2 aromatic carbocycles. The molecule has 4 rings (SSSR count). The summed E-state index contributed by atoms with van der Waals surface area (Å²) in [5, 5.41) is 0. The van der Waals surface area contributed by atoms with Gasteiger partial charge in [0.15, 0.2) is 23.0 Å². The Balaban J connectivity index is 1.76. The monoisotopic (exact) mass is 383 g/mol. The van der Waals surface area contributed by atoms with Crippen LogP contribution < -0.4 is 18.9 Å². The standard InChI is InChI=1S/C22H25NO5/c1-13(24)28-22-17-12-23-8-7-15-10-20(26-3)21(27-4)11-16(15)18(23)9-14(17)5-6-19(22)25-2/h5-6,10-11,18H,7-9,12H2,1-4H3. The van der Waals surface area contributed by atoms with Crippen molar-refractivity contribution in [3.63, 3.8) is 0 Å². The summed E-state index contributed by atoms with van der Waals surface area (Å²) in [7, 11) is 4.93. The second-order valence-corrected chi connectivity index (χ2v) is 7.17. The van der Waals surface area contributed by atoms with E-state index in [4.69, 9.17) is 18.9 Å². The highest BCUT2D eigenvalue weighted by molar-refractivity contribution is 5.72. The van der Waals surface area contributed by atoms with Crippen LogP contribution in [0.25, 0.3) is 0 Å². The van der Waals surface area contributed by atoms with Gasteiger partial charge in [-0.2, -0.15) is 0 Å². The van der Waals surface area contributed by atoms with E-state index in [0.717, 1.165) is 36.4 Å². The first-order valence-corrected chi connectivity index (χ1v) is 9.41. The molecule has 2 heterocycles. The Hall–Kier alpha value is -2.73. The molecule has 0 saturated carbocycles. The van der Waals surface area contributed by atoms with Gasteiger partial charge >= 0.3 is 5.97 Å². The number of carbonyl (C=O) groups is 1. The summed E-state index contributed by atoms with van der Waals surface area (Å²) in [6.07, 6.45) is 1.78. The third kappa shape index (κ3) is 3.07. The molecule has 2 aromatic rings.